The molecule has 0 spiro atoms. The molecule has 0 saturated carbocycles. The summed E-state index contributed by atoms with van der Waals surface area (Å²) in [5, 5.41) is 2.97. The van der Waals surface area contributed by atoms with Crippen molar-refractivity contribution in [2.24, 2.45) is 11.7 Å². The van der Waals surface area contributed by atoms with E-state index in [2.05, 4.69) is 17.4 Å². The van der Waals surface area contributed by atoms with Gasteiger partial charge in [0.05, 0.1) is 6.04 Å². The normalized spacial score (nSPS) is 17.6. The zero-order valence-corrected chi connectivity index (χ0v) is 11.9. The number of rotatable bonds is 6. The number of nitrogens with two attached hydrogens (primary N) is 1. The molecule has 0 unspecified atom stereocenters. The molecule has 1 aliphatic heterocycles. The van der Waals surface area contributed by atoms with Gasteiger partial charge in [0.1, 0.15) is 0 Å². The fraction of sp³-hybridized carbons (Fsp3) is 0.562. The molecule has 1 atom stereocenters. The summed E-state index contributed by atoms with van der Waals surface area (Å²) in [4.78, 5) is 11.9. The van der Waals surface area contributed by atoms with E-state index < -0.39 is 6.04 Å². The molecule has 1 aliphatic rings. The maximum atomic E-state index is 11.9. The van der Waals surface area contributed by atoms with Crippen LogP contribution in [0, 0.1) is 5.92 Å². The minimum absolute atomic E-state index is 0.0348. The summed E-state index contributed by atoms with van der Waals surface area (Å²) in [5.41, 5.74) is 7.17. The number of amides is 1. The lowest BCUT2D eigenvalue weighted by atomic mass is 10.00. The van der Waals surface area contributed by atoms with Crippen LogP contribution in [-0.4, -0.2) is 31.7 Å². The largest absolute Gasteiger partial charge is 0.381 e. The van der Waals surface area contributed by atoms with E-state index in [9.17, 15) is 4.79 Å². The van der Waals surface area contributed by atoms with Crippen molar-refractivity contribution >= 4 is 5.91 Å². The van der Waals surface area contributed by atoms with Crippen LogP contribution in [0.25, 0.3) is 0 Å². The van der Waals surface area contributed by atoms with Crippen LogP contribution >= 0.6 is 0 Å². The third kappa shape index (κ3) is 4.94. The third-order valence-electron chi connectivity index (χ3n) is 3.83. The van der Waals surface area contributed by atoms with Gasteiger partial charge in [-0.05, 0) is 37.2 Å². The maximum Gasteiger partial charge on any atom is 0.236 e. The summed E-state index contributed by atoms with van der Waals surface area (Å²) in [6, 6.07) is 9.71. The summed E-state index contributed by atoms with van der Waals surface area (Å²) >= 11 is 0. The van der Waals surface area contributed by atoms with Gasteiger partial charge in [-0.2, -0.15) is 0 Å². The van der Waals surface area contributed by atoms with Crippen molar-refractivity contribution in [3.8, 4) is 0 Å². The highest BCUT2D eigenvalue weighted by atomic mass is 16.5. The molecule has 0 radical (unpaired) electrons. The molecule has 4 nitrogen and oxygen atoms in total. The summed E-state index contributed by atoms with van der Waals surface area (Å²) in [5.74, 6) is 0.501. The molecular weight excluding hydrogens is 252 g/mol. The molecule has 0 bridgehead atoms. The predicted octanol–water partition coefficient (Wildman–Crippen LogP) is 1.49. The van der Waals surface area contributed by atoms with E-state index in [1.165, 1.54) is 5.56 Å². The first kappa shape index (κ1) is 15.0. The molecular formula is C16H24N2O2. The Balaban J connectivity index is 1.66. The lowest BCUT2D eigenvalue weighted by Gasteiger charge is -2.23. The van der Waals surface area contributed by atoms with Gasteiger partial charge in [0.2, 0.25) is 5.91 Å². The number of hydrogen-bond acceptors (Lipinski definition) is 3. The van der Waals surface area contributed by atoms with Crippen molar-refractivity contribution in [1.29, 1.82) is 0 Å². The van der Waals surface area contributed by atoms with E-state index in [-0.39, 0.29) is 5.91 Å². The minimum Gasteiger partial charge on any atom is -0.381 e. The minimum atomic E-state index is -0.421. The Morgan fingerprint density at radius 1 is 1.30 bits per heavy atom. The van der Waals surface area contributed by atoms with Gasteiger partial charge in [0, 0.05) is 19.8 Å². The Bertz CT molecular complexity index is 402. The highest BCUT2D eigenvalue weighted by molar-refractivity contribution is 5.81. The number of carbonyl (C=O) groups is 1. The summed E-state index contributed by atoms with van der Waals surface area (Å²) in [7, 11) is 0. The van der Waals surface area contributed by atoms with Gasteiger partial charge < -0.3 is 15.8 Å². The summed E-state index contributed by atoms with van der Waals surface area (Å²) in [6.45, 7) is 2.34. The fourth-order valence-corrected chi connectivity index (χ4v) is 2.42. The molecule has 20 heavy (non-hydrogen) atoms. The highest BCUT2D eigenvalue weighted by Gasteiger charge is 2.17. The molecule has 2 rings (SSSR count). The first-order valence-corrected chi connectivity index (χ1v) is 7.40. The molecule has 3 N–H and O–H groups in total. The van der Waals surface area contributed by atoms with Gasteiger partial charge in [-0.15, -0.1) is 0 Å². The van der Waals surface area contributed by atoms with Gasteiger partial charge in [0.15, 0.2) is 0 Å². The van der Waals surface area contributed by atoms with Crippen LogP contribution in [0.1, 0.15) is 24.8 Å². The smallest absolute Gasteiger partial charge is 0.236 e. The lowest BCUT2D eigenvalue weighted by molar-refractivity contribution is -0.122. The quantitative estimate of drug-likeness (QED) is 0.827. The zero-order chi connectivity index (χ0) is 14.2. The van der Waals surface area contributed by atoms with E-state index in [0.29, 0.717) is 12.3 Å². The first-order valence-electron chi connectivity index (χ1n) is 7.40. The van der Waals surface area contributed by atoms with Crippen LogP contribution in [-0.2, 0) is 16.0 Å². The van der Waals surface area contributed by atoms with Crippen molar-refractivity contribution in [1.82, 2.24) is 5.32 Å². The molecule has 1 heterocycles. The lowest BCUT2D eigenvalue weighted by Crippen LogP contribution is -2.43. The average Bonchev–Trinajstić information content (AvgIpc) is 2.52. The number of carbonyl (C=O) groups excluding carboxylic acids is 1. The van der Waals surface area contributed by atoms with E-state index in [4.69, 9.17) is 10.5 Å². The zero-order valence-electron chi connectivity index (χ0n) is 11.9. The SMILES string of the molecule is N[C@@H](CCc1ccccc1)C(=O)NCC1CCOCC1. The van der Waals surface area contributed by atoms with Gasteiger partial charge >= 0.3 is 0 Å². The third-order valence-corrected chi connectivity index (χ3v) is 3.83. The van der Waals surface area contributed by atoms with E-state index in [1.54, 1.807) is 0 Å². The van der Waals surface area contributed by atoms with E-state index in [0.717, 1.165) is 39.0 Å². The van der Waals surface area contributed by atoms with Crippen LogP contribution in [0.2, 0.25) is 0 Å². The highest BCUT2D eigenvalue weighted by Crippen LogP contribution is 2.13. The second kappa shape index (κ2) is 8.02. The molecule has 1 fully saturated rings. The number of ether oxygens (including phenoxy) is 1. The molecule has 1 amide bonds. The Morgan fingerprint density at radius 3 is 2.70 bits per heavy atom. The van der Waals surface area contributed by atoms with Gasteiger partial charge in [0.25, 0.3) is 0 Å². The molecule has 4 heteroatoms. The van der Waals surface area contributed by atoms with E-state index in [1.807, 2.05) is 18.2 Å². The van der Waals surface area contributed by atoms with Gasteiger partial charge in [-0.1, -0.05) is 30.3 Å². The Labute approximate surface area is 120 Å². The average molecular weight is 276 g/mol. The van der Waals surface area contributed by atoms with Gasteiger partial charge in [-0.25, -0.2) is 0 Å². The van der Waals surface area contributed by atoms with Crippen LogP contribution in [0.3, 0.4) is 0 Å². The van der Waals surface area contributed by atoms with Crippen molar-refractivity contribution in [2.45, 2.75) is 31.7 Å². The van der Waals surface area contributed by atoms with Crippen LogP contribution in [0.4, 0.5) is 0 Å². The van der Waals surface area contributed by atoms with Crippen LogP contribution in [0.5, 0.6) is 0 Å². The number of aryl methyl sites for hydroxylation is 1. The Hall–Kier alpha value is -1.39. The first-order chi connectivity index (χ1) is 9.75. The second-order valence-electron chi connectivity index (χ2n) is 5.43. The standard InChI is InChI=1S/C16H24N2O2/c17-15(7-6-13-4-2-1-3-5-13)16(19)18-12-14-8-10-20-11-9-14/h1-5,14-15H,6-12,17H2,(H,18,19)/t15-/m0/s1. The van der Waals surface area contributed by atoms with E-state index >= 15 is 0 Å². The Morgan fingerprint density at radius 2 is 2.00 bits per heavy atom. The topological polar surface area (TPSA) is 64.4 Å². The Kier molecular flexibility index (Phi) is 6.02. The molecule has 1 saturated heterocycles. The van der Waals surface area contributed by atoms with Crippen LogP contribution < -0.4 is 11.1 Å². The second-order valence-corrected chi connectivity index (χ2v) is 5.43. The summed E-state index contributed by atoms with van der Waals surface area (Å²) < 4.78 is 5.30. The van der Waals surface area contributed by atoms with Crippen molar-refractivity contribution in [3.05, 3.63) is 35.9 Å². The number of benzene rings is 1. The monoisotopic (exact) mass is 276 g/mol. The van der Waals surface area contributed by atoms with Crippen molar-refractivity contribution in [3.63, 3.8) is 0 Å². The molecule has 0 aromatic heterocycles. The van der Waals surface area contributed by atoms with Gasteiger partial charge in [-0.3, -0.25) is 4.79 Å². The predicted molar refractivity (Wildman–Crippen MR) is 79.3 cm³/mol. The molecule has 1 aromatic carbocycles. The van der Waals surface area contributed by atoms with Crippen molar-refractivity contribution in [2.75, 3.05) is 19.8 Å². The fourth-order valence-electron chi connectivity index (χ4n) is 2.42. The maximum absolute atomic E-state index is 11.9. The number of nitrogens with one attached hydrogen (secondary N) is 1. The molecule has 1 aromatic rings. The molecule has 110 valence electrons. The summed E-state index contributed by atoms with van der Waals surface area (Å²) in [6.07, 6.45) is 3.58. The van der Waals surface area contributed by atoms with Crippen molar-refractivity contribution < 1.29 is 9.53 Å². The molecule has 0 aliphatic carbocycles. The number of hydrogen-bond donors (Lipinski definition) is 2. The van der Waals surface area contributed by atoms with Crippen LogP contribution in [0.15, 0.2) is 30.3 Å².